The fraction of sp³-hybridized carbons (Fsp3) is 0.250. The normalized spacial score (nSPS) is 13.6. The van der Waals surface area contributed by atoms with Crippen molar-refractivity contribution in [2.45, 2.75) is 25.3 Å². The molecule has 0 saturated heterocycles. The highest BCUT2D eigenvalue weighted by Crippen LogP contribution is 2.41. The number of aromatic nitrogens is 2. The van der Waals surface area contributed by atoms with Gasteiger partial charge in [0.1, 0.15) is 11.6 Å². The Hall–Kier alpha value is -3.34. The highest BCUT2D eigenvalue weighted by Gasteiger charge is 2.28. The van der Waals surface area contributed by atoms with Crippen molar-refractivity contribution in [2.24, 2.45) is 0 Å². The molecule has 1 aromatic heterocycles. The van der Waals surface area contributed by atoms with Crippen LogP contribution in [0.5, 0.6) is 11.5 Å². The fourth-order valence-electron chi connectivity index (χ4n) is 3.76. The predicted octanol–water partition coefficient (Wildman–Crippen LogP) is 5.29. The van der Waals surface area contributed by atoms with Gasteiger partial charge in [-0.2, -0.15) is 0 Å². The average molecular weight is 385 g/mol. The van der Waals surface area contributed by atoms with E-state index >= 15 is 0 Å². The summed E-state index contributed by atoms with van der Waals surface area (Å²) in [4.78, 5) is 9.67. The minimum Gasteiger partial charge on any atom is -0.493 e. The van der Waals surface area contributed by atoms with Crippen LogP contribution in [0.4, 0.5) is 5.82 Å². The summed E-state index contributed by atoms with van der Waals surface area (Å²) in [6, 6.07) is 18.7. The van der Waals surface area contributed by atoms with Crippen LogP contribution in [0.2, 0.25) is 0 Å². The number of nitrogens with zero attached hydrogens (tertiary/aromatic N) is 2. The third kappa shape index (κ3) is 3.33. The van der Waals surface area contributed by atoms with Crippen LogP contribution in [-0.2, 0) is 6.54 Å². The van der Waals surface area contributed by atoms with Crippen LogP contribution in [0.3, 0.4) is 0 Å². The van der Waals surface area contributed by atoms with E-state index < -0.39 is 0 Å². The third-order valence-corrected chi connectivity index (χ3v) is 5.49. The predicted molar refractivity (Wildman–Crippen MR) is 116 cm³/mol. The fourth-order valence-corrected chi connectivity index (χ4v) is 3.76. The Morgan fingerprint density at radius 2 is 1.66 bits per heavy atom. The molecule has 1 N–H and O–H groups in total. The summed E-state index contributed by atoms with van der Waals surface area (Å²) in [5.74, 6) is 3.57. The summed E-state index contributed by atoms with van der Waals surface area (Å²) in [5.41, 5.74) is 2.11. The molecule has 1 heterocycles. The average Bonchev–Trinajstić information content (AvgIpc) is 3.61. The lowest BCUT2D eigenvalue weighted by atomic mass is 10.0. The molecule has 5 rings (SSSR count). The van der Waals surface area contributed by atoms with E-state index in [9.17, 15) is 0 Å². The molecule has 0 spiro atoms. The van der Waals surface area contributed by atoms with Gasteiger partial charge >= 0.3 is 0 Å². The largest absolute Gasteiger partial charge is 0.493 e. The quantitative estimate of drug-likeness (QED) is 0.489. The number of hydrogen-bond donors (Lipinski definition) is 1. The van der Waals surface area contributed by atoms with E-state index in [0.29, 0.717) is 24.0 Å². The minimum absolute atomic E-state index is 0.464. The monoisotopic (exact) mass is 385 g/mol. The SMILES string of the molecule is COc1cc2nc(C3CC3)nc(NCc3cccc4ccccc34)c2cc1OC. The number of ether oxygens (including phenoxy) is 2. The third-order valence-electron chi connectivity index (χ3n) is 5.49. The van der Waals surface area contributed by atoms with Crippen LogP contribution in [0.1, 0.15) is 30.1 Å². The van der Waals surface area contributed by atoms with Gasteiger partial charge < -0.3 is 14.8 Å². The molecule has 0 aliphatic heterocycles. The van der Waals surface area contributed by atoms with E-state index in [4.69, 9.17) is 19.4 Å². The number of benzene rings is 3. The number of methoxy groups -OCH3 is 2. The topological polar surface area (TPSA) is 56.3 Å². The van der Waals surface area contributed by atoms with Gasteiger partial charge in [0.15, 0.2) is 11.5 Å². The molecule has 1 aliphatic rings. The summed E-state index contributed by atoms with van der Waals surface area (Å²) < 4.78 is 11.0. The smallest absolute Gasteiger partial charge is 0.162 e. The van der Waals surface area contributed by atoms with Gasteiger partial charge in [-0.05, 0) is 35.2 Å². The highest BCUT2D eigenvalue weighted by molar-refractivity contribution is 5.92. The maximum atomic E-state index is 5.50. The first-order chi connectivity index (χ1) is 14.3. The molecule has 5 heteroatoms. The van der Waals surface area contributed by atoms with Crippen LogP contribution in [0, 0.1) is 0 Å². The summed E-state index contributed by atoms with van der Waals surface area (Å²) in [5, 5.41) is 6.99. The number of nitrogens with one attached hydrogen (secondary N) is 1. The van der Waals surface area contributed by atoms with E-state index in [2.05, 4.69) is 47.8 Å². The van der Waals surface area contributed by atoms with Gasteiger partial charge in [0.05, 0.1) is 19.7 Å². The second-order valence-corrected chi connectivity index (χ2v) is 7.42. The number of anilines is 1. The zero-order chi connectivity index (χ0) is 19.8. The molecule has 1 saturated carbocycles. The first-order valence-corrected chi connectivity index (χ1v) is 9.91. The Morgan fingerprint density at radius 3 is 2.45 bits per heavy atom. The highest BCUT2D eigenvalue weighted by atomic mass is 16.5. The van der Waals surface area contributed by atoms with Gasteiger partial charge in [-0.1, -0.05) is 42.5 Å². The van der Waals surface area contributed by atoms with Crippen LogP contribution < -0.4 is 14.8 Å². The van der Waals surface area contributed by atoms with E-state index in [1.165, 1.54) is 16.3 Å². The lowest BCUT2D eigenvalue weighted by molar-refractivity contribution is 0.356. The van der Waals surface area contributed by atoms with Gasteiger partial charge in [-0.3, -0.25) is 0 Å². The van der Waals surface area contributed by atoms with Gasteiger partial charge in [0.25, 0.3) is 0 Å². The van der Waals surface area contributed by atoms with Crippen LogP contribution in [0.25, 0.3) is 21.7 Å². The van der Waals surface area contributed by atoms with Gasteiger partial charge in [-0.15, -0.1) is 0 Å². The summed E-state index contributed by atoms with van der Waals surface area (Å²) in [7, 11) is 3.29. The number of hydrogen-bond acceptors (Lipinski definition) is 5. The van der Waals surface area contributed by atoms with Crippen molar-refractivity contribution in [3.05, 3.63) is 66.0 Å². The lowest BCUT2D eigenvalue weighted by Crippen LogP contribution is -2.06. The molecule has 0 radical (unpaired) electrons. The Labute approximate surface area is 169 Å². The molecular formula is C24H23N3O2. The van der Waals surface area contributed by atoms with Gasteiger partial charge in [0.2, 0.25) is 0 Å². The van der Waals surface area contributed by atoms with Crippen molar-refractivity contribution >= 4 is 27.5 Å². The van der Waals surface area contributed by atoms with E-state index in [-0.39, 0.29) is 0 Å². The Bertz CT molecular complexity index is 1200. The molecule has 0 unspecified atom stereocenters. The van der Waals surface area contributed by atoms with Crippen molar-refractivity contribution < 1.29 is 9.47 Å². The molecule has 0 amide bonds. The zero-order valence-electron chi connectivity index (χ0n) is 16.6. The molecular weight excluding hydrogens is 362 g/mol. The number of rotatable bonds is 6. The van der Waals surface area contributed by atoms with Crippen LogP contribution in [-0.4, -0.2) is 24.2 Å². The van der Waals surface area contributed by atoms with Gasteiger partial charge in [0, 0.05) is 23.9 Å². The first kappa shape index (κ1) is 17.7. The van der Waals surface area contributed by atoms with E-state index in [0.717, 1.165) is 35.4 Å². The van der Waals surface area contributed by atoms with Crippen molar-refractivity contribution in [3.8, 4) is 11.5 Å². The van der Waals surface area contributed by atoms with Crippen molar-refractivity contribution in [3.63, 3.8) is 0 Å². The molecule has 1 fully saturated rings. The maximum Gasteiger partial charge on any atom is 0.162 e. The lowest BCUT2D eigenvalue weighted by Gasteiger charge is -2.14. The summed E-state index contributed by atoms with van der Waals surface area (Å²) >= 11 is 0. The van der Waals surface area contributed by atoms with Crippen molar-refractivity contribution in [1.82, 2.24) is 9.97 Å². The van der Waals surface area contributed by atoms with Crippen LogP contribution >= 0.6 is 0 Å². The standard InChI is InChI=1S/C24H23N3O2/c1-28-21-12-19-20(13-22(21)29-2)26-23(16-10-11-16)27-24(19)25-14-17-8-5-7-15-6-3-4-9-18(15)17/h3-9,12-13,16H,10-11,14H2,1-2H3,(H,25,26,27). The van der Waals surface area contributed by atoms with Crippen LogP contribution in [0.15, 0.2) is 54.6 Å². The Balaban J connectivity index is 1.57. The van der Waals surface area contributed by atoms with E-state index in [1.54, 1.807) is 14.2 Å². The van der Waals surface area contributed by atoms with Gasteiger partial charge in [-0.25, -0.2) is 9.97 Å². The van der Waals surface area contributed by atoms with E-state index in [1.807, 2.05) is 12.1 Å². The molecule has 0 atom stereocenters. The second-order valence-electron chi connectivity index (χ2n) is 7.42. The minimum atomic E-state index is 0.464. The van der Waals surface area contributed by atoms with Crippen molar-refractivity contribution in [2.75, 3.05) is 19.5 Å². The molecule has 146 valence electrons. The molecule has 0 bridgehead atoms. The molecule has 5 nitrogen and oxygen atoms in total. The molecule has 29 heavy (non-hydrogen) atoms. The maximum absolute atomic E-state index is 5.50. The summed E-state index contributed by atoms with van der Waals surface area (Å²) in [6.07, 6.45) is 2.31. The molecule has 3 aromatic carbocycles. The Morgan fingerprint density at radius 1 is 0.897 bits per heavy atom. The second kappa shape index (κ2) is 7.24. The Kier molecular flexibility index (Phi) is 4.43. The summed E-state index contributed by atoms with van der Waals surface area (Å²) in [6.45, 7) is 0.686. The molecule has 1 aliphatic carbocycles. The number of fused-ring (bicyclic) bond motifs is 2. The van der Waals surface area contributed by atoms with Crippen molar-refractivity contribution in [1.29, 1.82) is 0 Å². The zero-order valence-corrected chi connectivity index (χ0v) is 16.6. The molecule has 4 aromatic rings. The first-order valence-electron chi connectivity index (χ1n) is 9.91.